The Labute approximate surface area is 187 Å². The molecule has 0 bridgehead atoms. The number of nitrogens with zero attached hydrogens (tertiary/aromatic N) is 2. The van der Waals surface area contributed by atoms with Gasteiger partial charge in [-0.05, 0) is 50.6 Å². The highest BCUT2D eigenvalue weighted by Gasteiger charge is 2.17. The lowest BCUT2D eigenvalue weighted by atomic mass is 10.1. The minimum atomic E-state index is -0.517. The number of hydrogen-bond donors (Lipinski definition) is 1. The molecule has 0 atom stereocenters. The Kier molecular flexibility index (Phi) is 7.14. The van der Waals surface area contributed by atoms with Crippen molar-refractivity contribution in [2.75, 3.05) is 26.1 Å². The van der Waals surface area contributed by atoms with Gasteiger partial charge in [0.25, 0.3) is 5.91 Å². The Hall–Kier alpha value is -3.81. The molecule has 0 spiro atoms. The number of aromatic nitrogens is 2. The van der Waals surface area contributed by atoms with Crippen molar-refractivity contribution in [3.8, 4) is 17.2 Å². The van der Waals surface area contributed by atoms with Crippen LogP contribution in [-0.4, -0.2) is 42.5 Å². The number of carbonyl (C=O) groups is 2. The van der Waals surface area contributed by atoms with Crippen molar-refractivity contribution in [2.45, 2.75) is 27.2 Å². The zero-order valence-corrected chi connectivity index (χ0v) is 18.9. The first-order valence-corrected chi connectivity index (χ1v) is 10.1. The Bertz CT molecular complexity index is 1120. The number of benzene rings is 2. The smallest absolute Gasteiger partial charge is 0.310 e. The Balaban J connectivity index is 1.59. The second-order valence-electron chi connectivity index (χ2n) is 7.37. The quantitative estimate of drug-likeness (QED) is 0.542. The van der Waals surface area contributed by atoms with E-state index in [1.54, 1.807) is 30.0 Å². The van der Waals surface area contributed by atoms with E-state index in [4.69, 9.17) is 14.2 Å². The minimum absolute atomic E-state index is 0.0110. The standard InChI is InChI=1S/C24H27N3O5/c1-15-6-9-19(10-7-15)27-17(3)24(16(2)26-27)25-22(28)14-32-23(29)13-18-8-11-20(30-4)21(12-18)31-5/h6-12H,13-14H2,1-5H3,(H,25,28). The normalized spacial score (nSPS) is 10.5. The number of methoxy groups -OCH3 is 2. The van der Waals surface area contributed by atoms with Crippen molar-refractivity contribution in [1.82, 2.24) is 9.78 Å². The van der Waals surface area contributed by atoms with E-state index in [1.807, 2.05) is 45.0 Å². The van der Waals surface area contributed by atoms with Gasteiger partial charge in [0.05, 0.1) is 43.4 Å². The fourth-order valence-corrected chi connectivity index (χ4v) is 3.29. The fraction of sp³-hybridized carbons (Fsp3) is 0.292. The Morgan fingerprint density at radius 2 is 1.66 bits per heavy atom. The van der Waals surface area contributed by atoms with E-state index in [9.17, 15) is 9.59 Å². The van der Waals surface area contributed by atoms with Crippen molar-refractivity contribution in [3.63, 3.8) is 0 Å². The molecule has 168 valence electrons. The molecule has 0 fully saturated rings. The third kappa shape index (κ3) is 5.26. The van der Waals surface area contributed by atoms with Crippen LogP contribution in [0.4, 0.5) is 5.69 Å². The summed E-state index contributed by atoms with van der Waals surface area (Å²) in [6.07, 6.45) is 0.0110. The van der Waals surface area contributed by atoms with Crippen LogP contribution in [-0.2, 0) is 20.7 Å². The summed E-state index contributed by atoms with van der Waals surface area (Å²) >= 11 is 0. The van der Waals surface area contributed by atoms with Crippen LogP contribution in [0.1, 0.15) is 22.5 Å². The molecule has 0 aliphatic carbocycles. The molecule has 0 aliphatic rings. The summed E-state index contributed by atoms with van der Waals surface area (Å²) in [6.45, 7) is 5.32. The van der Waals surface area contributed by atoms with Gasteiger partial charge in [0, 0.05) is 0 Å². The van der Waals surface area contributed by atoms with E-state index >= 15 is 0 Å². The summed E-state index contributed by atoms with van der Waals surface area (Å²) < 4.78 is 17.3. The van der Waals surface area contributed by atoms with Crippen LogP contribution in [0.5, 0.6) is 11.5 Å². The van der Waals surface area contributed by atoms with E-state index in [1.165, 1.54) is 7.11 Å². The number of carbonyl (C=O) groups excluding carboxylic acids is 2. The van der Waals surface area contributed by atoms with Crippen LogP contribution in [0.3, 0.4) is 0 Å². The summed E-state index contributed by atoms with van der Waals surface area (Å²) in [7, 11) is 3.06. The molecule has 1 aromatic heterocycles. The maximum Gasteiger partial charge on any atom is 0.310 e. The average molecular weight is 437 g/mol. The van der Waals surface area contributed by atoms with Gasteiger partial charge in [0.2, 0.25) is 0 Å². The van der Waals surface area contributed by atoms with E-state index in [-0.39, 0.29) is 13.0 Å². The molecule has 0 saturated heterocycles. The van der Waals surface area contributed by atoms with Crippen LogP contribution in [0.25, 0.3) is 5.69 Å². The number of ether oxygens (including phenoxy) is 3. The highest BCUT2D eigenvalue weighted by molar-refractivity contribution is 5.94. The van der Waals surface area contributed by atoms with Gasteiger partial charge in [-0.25, -0.2) is 4.68 Å². The summed E-state index contributed by atoms with van der Waals surface area (Å²) in [5.74, 6) is 0.143. The fourth-order valence-electron chi connectivity index (χ4n) is 3.29. The lowest BCUT2D eigenvalue weighted by Crippen LogP contribution is -2.22. The van der Waals surface area contributed by atoms with Crippen molar-refractivity contribution >= 4 is 17.6 Å². The van der Waals surface area contributed by atoms with E-state index < -0.39 is 11.9 Å². The van der Waals surface area contributed by atoms with Gasteiger partial charge in [-0.2, -0.15) is 5.10 Å². The van der Waals surface area contributed by atoms with E-state index in [2.05, 4.69) is 10.4 Å². The SMILES string of the molecule is COc1ccc(CC(=O)OCC(=O)Nc2c(C)nn(-c3ccc(C)cc3)c2C)cc1OC. The first-order valence-electron chi connectivity index (χ1n) is 10.1. The van der Waals surface area contributed by atoms with Crippen LogP contribution in [0.15, 0.2) is 42.5 Å². The molecule has 0 radical (unpaired) electrons. The maximum absolute atomic E-state index is 12.4. The van der Waals surface area contributed by atoms with Gasteiger partial charge in [-0.3, -0.25) is 9.59 Å². The monoisotopic (exact) mass is 437 g/mol. The molecule has 0 saturated carbocycles. The Morgan fingerprint density at radius 3 is 2.31 bits per heavy atom. The molecule has 0 unspecified atom stereocenters. The third-order valence-corrected chi connectivity index (χ3v) is 4.99. The number of hydrogen-bond acceptors (Lipinski definition) is 6. The summed E-state index contributed by atoms with van der Waals surface area (Å²) in [4.78, 5) is 24.6. The highest BCUT2D eigenvalue weighted by Crippen LogP contribution is 2.28. The first-order chi connectivity index (χ1) is 15.3. The van der Waals surface area contributed by atoms with Gasteiger partial charge in [-0.1, -0.05) is 23.8 Å². The van der Waals surface area contributed by atoms with Crippen LogP contribution in [0.2, 0.25) is 0 Å². The van der Waals surface area contributed by atoms with Gasteiger partial charge in [0.15, 0.2) is 18.1 Å². The predicted octanol–water partition coefficient (Wildman–Crippen LogP) is 3.54. The molecule has 1 heterocycles. The molecule has 3 rings (SSSR count). The average Bonchev–Trinajstić information content (AvgIpc) is 3.06. The molecule has 2 aromatic carbocycles. The molecule has 1 N–H and O–H groups in total. The zero-order valence-electron chi connectivity index (χ0n) is 18.9. The molecular formula is C24H27N3O5. The predicted molar refractivity (Wildman–Crippen MR) is 121 cm³/mol. The topological polar surface area (TPSA) is 91.7 Å². The maximum atomic E-state index is 12.4. The van der Waals surface area contributed by atoms with Crippen molar-refractivity contribution in [3.05, 3.63) is 65.0 Å². The molecular weight excluding hydrogens is 410 g/mol. The van der Waals surface area contributed by atoms with Gasteiger partial charge < -0.3 is 19.5 Å². The molecule has 32 heavy (non-hydrogen) atoms. The van der Waals surface area contributed by atoms with Crippen molar-refractivity contribution in [1.29, 1.82) is 0 Å². The minimum Gasteiger partial charge on any atom is -0.493 e. The molecule has 0 aliphatic heterocycles. The number of rotatable bonds is 8. The summed E-state index contributed by atoms with van der Waals surface area (Å²) in [5.41, 5.74) is 4.81. The van der Waals surface area contributed by atoms with E-state index in [0.29, 0.717) is 28.4 Å². The molecule has 8 nitrogen and oxygen atoms in total. The van der Waals surface area contributed by atoms with Gasteiger partial charge in [-0.15, -0.1) is 0 Å². The summed E-state index contributed by atoms with van der Waals surface area (Å²) in [6, 6.07) is 13.1. The molecule has 1 amide bonds. The number of amides is 1. The zero-order chi connectivity index (χ0) is 23.3. The third-order valence-electron chi connectivity index (χ3n) is 4.99. The molecule has 3 aromatic rings. The number of anilines is 1. The summed E-state index contributed by atoms with van der Waals surface area (Å²) in [5, 5.41) is 7.31. The van der Waals surface area contributed by atoms with E-state index in [0.717, 1.165) is 16.9 Å². The van der Waals surface area contributed by atoms with Crippen LogP contribution < -0.4 is 14.8 Å². The lowest BCUT2D eigenvalue weighted by molar-refractivity contribution is -0.146. The van der Waals surface area contributed by atoms with Crippen LogP contribution in [0, 0.1) is 20.8 Å². The van der Waals surface area contributed by atoms with Crippen molar-refractivity contribution in [2.24, 2.45) is 0 Å². The molecule has 8 heteroatoms. The first kappa shape index (κ1) is 22.9. The van der Waals surface area contributed by atoms with Gasteiger partial charge >= 0.3 is 5.97 Å². The van der Waals surface area contributed by atoms with Crippen LogP contribution >= 0.6 is 0 Å². The second kappa shape index (κ2) is 10.00. The Morgan fingerprint density at radius 1 is 0.969 bits per heavy atom. The number of esters is 1. The van der Waals surface area contributed by atoms with Gasteiger partial charge in [0.1, 0.15) is 0 Å². The number of aryl methyl sites for hydroxylation is 2. The second-order valence-corrected chi connectivity index (χ2v) is 7.37. The largest absolute Gasteiger partial charge is 0.493 e. The lowest BCUT2D eigenvalue weighted by Gasteiger charge is -2.10. The highest BCUT2D eigenvalue weighted by atomic mass is 16.5. The number of nitrogens with one attached hydrogen (secondary N) is 1. The van der Waals surface area contributed by atoms with Crippen molar-refractivity contribution < 1.29 is 23.8 Å².